The van der Waals surface area contributed by atoms with Crippen LogP contribution in [0.3, 0.4) is 0 Å². The minimum atomic E-state index is 0.766. The Morgan fingerprint density at radius 3 is 2.50 bits per heavy atom. The van der Waals surface area contributed by atoms with E-state index in [1.54, 1.807) is 0 Å². The van der Waals surface area contributed by atoms with Gasteiger partial charge < -0.3 is 5.32 Å². The van der Waals surface area contributed by atoms with Gasteiger partial charge in [0.2, 0.25) is 0 Å². The molecule has 1 aliphatic carbocycles. The molecule has 1 saturated heterocycles. The molecule has 2 rings (SSSR count). The molecular formula is C18H36N2. The molecular weight excluding hydrogens is 244 g/mol. The maximum Gasteiger partial charge on any atom is 0.0224 e. The molecule has 20 heavy (non-hydrogen) atoms. The van der Waals surface area contributed by atoms with Crippen LogP contribution >= 0.6 is 0 Å². The fourth-order valence-electron chi connectivity index (χ4n) is 4.42. The zero-order chi connectivity index (χ0) is 14.4. The zero-order valence-electron chi connectivity index (χ0n) is 14.0. The SMILES string of the molecule is CCCC(C)N1CC(C2CCCCC2)NCC1CCC. The number of nitrogens with zero attached hydrogens (tertiary/aromatic N) is 1. The Kier molecular flexibility index (Phi) is 6.83. The van der Waals surface area contributed by atoms with Gasteiger partial charge in [-0.15, -0.1) is 0 Å². The van der Waals surface area contributed by atoms with Crippen LogP contribution in [0.15, 0.2) is 0 Å². The summed E-state index contributed by atoms with van der Waals surface area (Å²) in [5.41, 5.74) is 0. The van der Waals surface area contributed by atoms with Crippen LogP contribution < -0.4 is 5.32 Å². The van der Waals surface area contributed by atoms with Crippen LogP contribution in [-0.2, 0) is 0 Å². The van der Waals surface area contributed by atoms with Crippen molar-refractivity contribution in [2.24, 2.45) is 5.92 Å². The highest BCUT2D eigenvalue weighted by atomic mass is 15.3. The van der Waals surface area contributed by atoms with Gasteiger partial charge in [-0.05, 0) is 38.5 Å². The summed E-state index contributed by atoms with van der Waals surface area (Å²) in [5.74, 6) is 0.947. The van der Waals surface area contributed by atoms with Gasteiger partial charge in [-0.3, -0.25) is 4.90 Å². The maximum absolute atomic E-state index is 3.91. The summed E-state index contributed by atoms with van der Waals surface area (Å²) in [4.78, 5) is 2.85. The fourth-order valence-corrected chi connectivity index (χ4v) is 4.42. The molecule has 118 valence electrons. The molecule has 1 N–H and O–H groups in total. The van der Waals surface area contributed by atoms with E-state index in [1.165, 1.54) is 70.9 Å². The van der Waals surface area contributed by atoms with Gasteiger partial charge in [0, 0.05) is 31.2 Å². The maximum atomic E-state index is 3.91. The van der Waals surface area contributed by atoms with E-state index in [-0.39, 0.29) is 0 Å². The van der Waals surface area contributed by atoms with E-state index < -0.39 is 0 Å². The number of nitrogens with one attached hydrogen (secondary N) is 1. The molecule has 0 aromatic rings. The third-order valence-electron chi connectivity index (χ3n) is 5.61. The Morgan fingerprint density at radius 2 is 1.85 bits per heavy atom. The highest BCUT2D eigenvalue weighted by Gasteiger charge is 2.34. The van der Waals surface area contributed by atoms with Crippen LogP contribution in [0.25, 0.3) is 0 Å². The van der Waals surface area contributed by atoms with Gasteiger partial charge in [0.05, 0.1) is 0 Å². The topological polar surface area (TPSA) is 15.3 Å². The number of rotatable bonds is 6. The molecule has 3 atom stereocenters. The Balaban J connectivity index is 1.95. The molecule has 0 spiro atoms. The van der Waals surface area contributed by atoms with Gasteiger partial charge >= 0.3 is 0 Å². The van der Waals surface area contributed by atoms with E-state index in [9.17, 15) is 0 Å². The molecule has 0 amide bonds. The summed E-state index contributed by atoms with van der Waals surface area (Å²) in [5, 5.41) is 3.91. The van der Waals surface area contributed by atoms with Crippen molar-refractivity contribution in [1.29, 1.82) is 0 Å². The average molecular weight is 280 g/mol. The Labute approximate surface area is 126 Å². The largest absolute Gasteiger partial charge is 0.311 e. The van der Waals surface area contributed by atoms with Crippen LogP contribution in [0.4, 0.5) is 0 Å². The van der Waals surface area contributed by atoms with Crippen molar-refractivity contribution >= 4 is 0 Å². The Hall–Kier alpha value is -0.0800. The summed E-state index contributed by atoms with van der Waals surface area (Å²) in [6.45, 7) is 9.64. The fraction of sp³-hybridized carbons (Fsp3) is 1.00. The Bertz CT molecular complexity index is 260. The highest BCUT2D eigenvalue weighted by Crippen LogP contribution is 2.30. The van der Waals surface area contributed by atoms with Crippen molar-refractivity contribution in [3.63, 3.8) is 0 Å². The molecule has 3 unspecified atom stereocenters. The highest BCUT2D eigenvalue weighted by molar-refractivity contribution is 4.92. The minimum absolute atomic E-state index is 0.766. The molecule has 2 nitrogen and oxygen atoms in total. The number of piperazine rings is 1. The van der Waals surface area contributed by atoms with Crippen molar-refractivity contribution in [1.82, 2.24) is 10.2 Å². The summed E-state index contributed by atoms with van der Waals surface area (Å²) in [6, 6.07) is 2.31. The number of hydrogen-bond acceptors (Lipinski definition) is 2. The van der Waals surface area contributed by atoms with Gasteiger partial charge in [0.15, 0.2) is 0 Å². The standard InChI is InChI=1S/C18H36N2/c1-4-9-15(3)20-14-18(16-11-7-6-8-12-16)19-13-17(20)10-5-2/h15-19H,4-14H2,1-3H3. The normalized spacial score (nSPS) is 31.4. The molecule has 1 saturated carbocycles. The third kappa shape index (κ3) is 4.21. The molecule has 1 heterocycles. The first-order valence-electron chi connectivity index (χ1n) is 9.25. The third-order valence-corrected chi connectivity index (χ3v) is 5.61. The van der Waals surface area contributed by atoms with E-state index in [2.05, 4.69) is 31.0 Å². The van der Waals surface area contributed by atoms with Crippen molar-refractivity contribution in [3.8, 4) is 0 Å². The molecule has 0 aromatic carbocycles. The van der Waals surface area contributed by atoms with Gasteiger partial charge in [-0.2, -0.15) is 0 Å². The first-order valence-corrected chi connectivity index (χ1v) is 9.25. The molecule has 0 radical (unpaired) electrons. The lowest BCUT2D eigenvalue weighted by Crippen LogP contribution is -2.61. The second-order valence-corrected chi connectivity index (χ2v) is 7.19. The van der Waals surface area contributed by atoms with E-state index in [0.717, 1.165) is 24.0 Å². The van der Waals surface area contributed by atoms with Crippen LogP contribution in [-0.4, -0.2) is 36.1 Å². The molecule has 0 bridgehead atoms. The van der Waals surface area contributed by atoms with Gasteiger partial charge in [-0.25, -0.2) is 0 Å². The van der Waals surface area contributed by atoms with Crippen LogP contribution in [0.5, 0.6) is 0 Å². The second-order valence-electron chi connectivity index (χ2n) is 7.19. The molecule has 0 aromatic heterocycles. The van der Waals surface area contributed by atoms with Crippen LogP contribution in [0.1, 0.15) is 78.6 Å². The molecule has 2 fully saturated rings. The van der Waals surface area contributed by atoms with Gasteiger partial charge in [0.25, 0.3) is 0 Å². The lowest BCUT2D eigenvalue weighted by Gasteiger charge is -2.46. The van der Waals surface area contributed by atoms with Crippen LogP contribution in [0.2, 0.25) is 0 Å². The zero-order valence-corrected chi connectivity index (χ0v) is 14.0. The molecule has 2 heteroatoms. The van der Waals surface area contributed by atoms with E-state index in [0.29, 0.717) is 0 Å². The smallest absolute Gasteiger partial charge is 0.0224 e. The van der Waals surface area contributed by atoms with E-state index >= 15 is 0 Å². The monoisotopic (exact) mass is 280 g/mol. The lowest BCUT2D eigenvalue weighted by molar-refractivity contribution is 0.0560. The predicted molar refractivity (Wildman–Crippen MR) is 88.1 cm³/mol. The van der Waals surface area contributed by atoms with E-state index in [4.69, 9.17) is 0 Å². The van der Waals surface area contributed by atoms with Gasteiger partial charge in [-0.1, -0.05) is 46.0 Å². The lowest BCUT2D eigenvalue weighted by atomic mass is 9.82. The summed E-state index contributed by atoms with van der Waals surface area (Å²) >= 11 is 0. The summed E-state index contributed by atoms with van der Waals surface area (Å²) in [6.07, 6.45) is 12.7. The predicted octanol–water partition coefficient (Wildman–Crippen LogP) is 4.20. The Morgan fingerprint density at radius 1 is 1.10 bits per heavy atom. The van der Waals surface area contributed by atoms with Crippen molar-refractivity contribution in [3.05, 3.63) is 0 Å². The average Bonchev–Trinajstić information content (AvgIpc) is 2.49. The van der Waals surface area contributed by atoms with Crippen LogP contribution in [0, 0.1) is 5.92 Å². The first kappa shape index (κ1) is 16.3. The molecule has 2 aliphatic rings. The summed E-state index contributed by atoms with van der Waals surface area (Å²) in [7, 11) is 0. The first-order chi connectivity index (χ1) is 9.76. The van der Waals surface area contributed by atoms with Crippen molar-refractivity contribution in [2.75, 3.05) is 13.1 Å². The van der Waals surface area contributed by atoms with Crippen molar-refractivity contribution in [2.45, 2.75) is 96.7 Å². The van der Waals surface area contributed by atoms with Gasteiger partial charge in [0.1, 0.15) is 0 Å². The summed E-state index contributed by atoms with van der Waals surface area (Å²) < 4.78 is 0. The molecule has 1 aliphatic heterocycles. The second kappa shape index (κ2) is 8.38. The minimum Gasteiger partial charge on any atom is -0.311 e. The van der Waals surface area contributed by atoms with E-state index in [1.807, 2.05) is 0 Å². The quantitative estimate of drug-likeness (QED) is 0.784. The van der Waals surface area contributed by atoms with Crippen molar-refractivity contribution < 1.29 is 0 Å². The number of hydrogen-bond donors (Lipinski definition) is 1.